The van der Waals surface area contributed by atoms with Crippen molar-refractivity contribution in [1.29, 1.82) is 0 Å². The number of thioether (sulfide) groups is 1. The number of nitrogens with one attached hydrogen (secondary N) is 1. The number of carbonyl (C=O) groups is 1. The van der Waals surface area contributed by atoms with E-state index in [4.69, 9.17) is 27.6 Å². The summed E-state index contributed by atoms with van der Waals surface area (Å²) in [5.41, 5.74) is 1.20. The summed E-state index contributed by atoms with van der Waals surface area (Å²) in [6, 6.07) is 14.5. The lowest BCUT2D eigenvalue weighted by atomic mass is 10.2. The fourth-order valence-electron chi connectivity index (χ4n) is 2.56. The van der Waals surface area contributed by atoms with Crippen molar-refractivity contribution in [3.05, 3.63) is 81.1 Å². The number of amidine groups is 1. The molecule has 0 atom stereocenters. The number of carbonyl (C=O) groups excluding carboxylic acids is 1. The van der Waals surface area contributed by atoms with E-state index in [2.05, 4.69) is 10.3 Å². The first-order valence-corrected chi connectivity index (χ1v) is 9.66. The number of benzene rings is 2. The predicted molar refractivity (Wildman–Crippen MR) is 112 cm³/mol. The second-order valence-electron chi connectivity index (χ2n) is 5.76. The maximum atomic E-state index is 13.1. The monoisotopic (exact) mass is 432 g/mol. The average molecular weight is 433 g/mol. The van der Waals surface area contributed by atoms with Crippen LogP contribution in [0.3, 0.4) is 0 Å². The molecular weight excluding hydrogens is 422 g/mol. The van der Waals surface area contributed by atoms with E-state index in [1.807, 2.05) is 0 Å². The molecule has 3 aromatic rings. The molecular formula is C20H11Cl2FN2O2S. The Balaban J connectivity index is 1.66. The summed E-state index contributed by atoms with van der Waals surface area (Å²) in [5, 5.41) is 3.26. The molecule has 4 nitrogen and oxygen atoms in total. The normalized spacial score (nSPS) is 16.8. The van der Waals surface area contributed by atoms with E-state index >= 15 is 0 Å². The lowest BCUT2D eigenvalue weighted by molar-refractivity contribution is 0.265. The Morgan fingerprint density at radius 1 is 1.07 bits per heavy atom. The quantitative estimate of drug-likeness (QED) is 0.488. The highest BCUT2D eigenvalue weighted by Crippen LogP contribution is 2.35. The van der Waals surface area contributed by atoms with Gasteiger partial charge in [0, 0.05) is 5.56 Å². The fraction of sp³-hybridized carbons (Fsp3) is 0. The lowest BCUT2D eigenvalue weighted by Gasteiger charge is -2.02. The van der Waals surface area contributed by atoms with Gasteiger partial charge in [-0.15, -0.1) is 0 Å². The maximum Gasteiger partial charge on any atom is 0.289 e. The Labute approximate surface area is 174 Å². The minimum Gasteiger partial charge on any atom is -0.457 e. The van der Waals surface area contributed by atoms with Gasteiger partial charge < -0.3 is 9.73 Å². The summed E-state index contributed by atoms with van der Waals surface area (Å²) in [6.45, 7) is 0. The summed E-state index contributed by atoms with van der Waals surface area (Å²) < 4.78 is 18.9. The van der Waals surface area contributed by atoms with E-state index in [9.17, 15) is 9.18 Å². The van der Waals surface area contributed by atoms with Crippen LogP contribution in [0.25, 0.3) is 17.4 Å². The highest BCUT2D eigenvalue weighted by Gasteiger charge is 2.24. The maximum absolute atomic E-state index is 13.1. The molecule has 2 heterocycles. The van der Waals surface area contributed by atoms with Gasteiger partial charge in [0.25, 0.3) is 5.24 Å². The SMILES string of the molecule is O=C1NC(=Nc2ccc(F)cc2)/C(=C/c2ccc(-c3cccc(Cl)c3Cl)o2)S1. The van der Waals surface area contributed by atoms with E-state index in [0.717, 1.165) is 11.8 Å². The Hall–Kier alpha value is -2.54. The molecule has 140 valence electrons. The number of furan rings is 1. The minimum atomic E-state index is -0.354. The summed E-state index contributed by atoms with van der Waals surface area (Å²) in [4.78, 5) is 16.8. The zero-order chi connectivity index (χ0) is 19.7. The summed E-state index contributed by atoms with van der Waals surface area (Å²) in [7, 11) is 0. The average Bonchev–Trinajstić information content (AvgIpc) is 3.26. The second kappa shape index (κ2) is 7.83. The van der Waals surface area contributed by atoms with Crippen LogP contribution >= 0.6 is 35.0 Å². The van der Waals surface area contributed by atoms with Crippen LogP contribution < -0.4 is 5.32 Å². The third kappa shape index (κ3) is 3.99. The van der Waals surface area contributed by atoms with Gasteiger partial charge in [-0.25, -0.2) is 9.38 Å². The van der Waals surface area contributed by atoms with Crippen molar-refractivity contribution < 1.29 is 13.6 Å². The third-order valence-electron chi connectivity index (χ3n) is 3.84. The Morgan fingerprint density at radius 3 is 2.64 bits per heavy atom. The van der Waals surface area contributed by atoms with Crippen LogP contribution in [0.15, 0.2) is 68.9 Å². The van der Waals surface area contributed by atoms with E-state index in [1.165, 1.54) is 24.3 Å². The molecule has 4 rings (SSSR count). The first-order chi connectivity index (χ1) is 13.5. The molecule has 1 aliphatic rings. The Bertz CT molecular complexity index is 1120. The molecule has 28 heavy (non-hydrogen) atoms. The molecule has 1 amide bonds. The van der Waals surface area contributed by atoms with Gasteiger partial charge in [-0.2, -0.15) is 0 Å². The van der Waals surface area contributed by atoms with Gasteiger partial charge in [0.15, 0.2) is 0 Å². The molecule has 0 bridgehead atoms. The van der Waals surface area contributed by atoms with E-state index < -0.39 is 0 Å². The van der Waals surface area contributed by atoms with Crippen molar-refractivity contribution in [1.82, 2.24) is 5.32 Å². The molecule has 1 saturated heterocycles. The fourth-order valence-corrected chi connectivity index (χ4v) is 3.67. The lowest BCUT2D eigenvalue weighted by Crippen LogP contribution is -2.18. The first kappa shape index (κ1) is 18.8. The van der Waals surface area contributed by atoms with Crippen LogP contribution in [0.4, 0.5) is 14.9 Å². The molecule has 8 heteroatoms. The van der Waals surface area contributed by atoms with Crippen molar-refractivity contribution in [2.24, 2.45) is 4.99 Å². The predicted octanol–water partition coefficient (Wildman–Crippen LogP) is 6.92. The van der Waals surface area contributed by atoms with Gasteiger partial charge >= 0.3 is 0 Å². The van der Waals surface area contributed by atoms with Crippen molar-refractivity contribution in [2.75, 3.05) is 0 Å². The van der Waals surface area contributed by atoms with Crippen molar-refractivity contribution in [2.45, 2.75) is 0 Å². The molecule has 1 N–H and O–H groups in total. The van der Waals surface area contributed by atoms with Crippen molar-refractivity contribution in [3.63, 3.8) is 0 Å². The Kier molecular flexibility index (Phi) is 5.26. The number of hydrogen-bond acceptors (Lipinski definition) is 4. The van der Waals surface area contributed by atoms with Gasteiger partial charge in [-0.05, 0) is 66.4 Å². The smallest absolute Gasteiger partial charge is 0.289 e. The van der Waals surface area contributed by atoms with Crippen LogP contribution in [-0.2, 0) is 0 Å². The van der Waals surface area contributed by atoms with Gasteiger partial charge in [0.05, 0.1) is 20.6 Å². The van der Waals surface area contributed by atoms with Crippen LogP contribution in [-0.4, -0.2) is 11.1 Å². The highest BCUT2D eigenvalue weighted by atomic mass is 35.5. The number of amides is 1. The first-order valence-electron chi connectivity index (χ1n) is 8.09. The summed E-state index contributed by atoms with van der Waals surface area (Å²) in [5.74, 6) is 1.10. The standard InChI is InChI=1S/C20H11Cl2FN2O2S/c21-15-3-1-2-14(18(15)22)16-9-8-13(27-16)10-17-19(25-20(26)28-17)24-12-6-4-11(23)5-7-12/h1-10H,(H,24,25,26)/b17-10-. The van der Waals surface area contributed by atoms with Gasteiger partial charge in [0.1, 0.15) is 23.2 Å². The van der Waals surface area contributed by atoms with E-state index in [-0.39, 0.29) is 11.1 Å². The zero-order valence-electron chi connectivity index (χ0n) is 14.1. The van der Waals surface area contributed by atoms with E-state index in [0.29, 0.717) is 43.6 Å². The van der Waals surface area contributed by atoms with Gasteiger partial charge in [0.2, 0.25) is 0 Å². The van der Waals surface area contributed by atoms with Crippen molar-refractivity contribution in [3.8, 4) is 11.3 Å². The summed E-state index contributed by atoms with van der Waals surface area (Å²) in [6.07, 6.45) is 1.70. The van der Waals surface area contributed by atoms with Crippen molar-refractivity contribution >= 4 is 57.8 Å². The topological polar surface area (TPSA) is 54.6 Å². The number of nitrogens with zero attached hydrogens (tertiary/aromatic N) is 1. The van der Waals surface area contributed by atoms with Gasteiger partial charge in [-0.1, -0.05) is 29.3 Å². The van der Waals surface area contributed by atoms with Gasteiger partial charge in [-0.3, -0.25) is 4.79 Å². The number of hydrogen-bond donors (Lipinski definition) is 1. The van der Waals surface area contributed by atoms with Crippen LogP contribution in [0.2, 0.25) is 10.0 Å². The zero-order valence-corrected chi connectivity index (χ0v) is 16.4. The van der Waals surface area contributed by atoms with E-state index in [1.54, 1.807) is 36.4 Å². The number of rotatable bonds is 3. The minimum absolute atomic E-state index is 0.253. The molecule has 2 aromatic carbocycles. The molecule has 0 unspecified atom stereocenters. The largest absolute Gasteiger partial charge is 0.457 e. The number of halogens is 3. The molecule has 0 saturated carbocycles. The third-order valence-corrected chi connectivity index (χ3v) is 5.48. The van der Waals surface area contributed by atoms with Crippen LogP contribution in [0, 0.1) is 5.82 Å². The molecule has 0 radical (unpaired) electrons. The Morgan fingerprint density at radius 2 is 1.86 bits per heavy atom. The molecule has 1 fully saturated rings. The second-order valence-corrected chi connectivity index (χ2v) is 7.56. The summed E-state index contributed by atoms with van der Waals surface area (Å²) >= 11 is 13.3. The highest BCUT2D eigenvalue weighted by molar-refractivity contribution is 8.18. The molecule has 0 spiro atoms. The number of aliphatic imine (C=N–C) groups is 1. The molecule has 0 aliphatic carbocycles. The van der Waals surface area contributed by atoms with Crippen LogP contribution in [0.5, 0.6) is 0 Å². The molecule has 1 aliphatic heterocycles. The molecule has 1 aromatic heterocycles. The van der Waals surface area contributed by atoms with Crippen LogP contribution in [0.1, 0.15) is 5.76 Å².